The maximum Gasteiger partial charge on any atom is 0.139 e. The van der Waals surface area contributed by atoms with Gasteiger partial charge < -0.3 is 14.9 Å². The number of aliphatic hydroxyl groups is 2. The maximum atomic E-state index is 9.34. The van der Waals surface area contributed by atoms with Crippen LogP contribution in [-0.2, 0) is 4.74 Å². The Morgan fingerprint density at radius 3 is 2.40 bits per heavy atom. The molecule has 1 saturated heterocycles. The molecule has 1 fully saturated rings. The van der Waals surface area contributed by atoms with Crippen LogP contribution in [0.2, 0.25) is 0 Å². The minimum atomic E-state index is -0.500. The van der Waals surface area contributed by atoms with Crippen molar-refractivity contribution in [3.8, 4) is 0 Å². The molecule has 0 aromatic heterocycles. The van der Waals surface area contributed by atoms with Gasteiger partial charge in [0.25, 0.3) is 0 Å². The van der Waals surface area contributed by atoms with E-state index in [0.29, 0.717) is 0 Å². The Labute approximate surface area is 61.4 Å². The summed E-state index contributed by atoms with van der Waals surface area (Å²) in [4.78, 5) is 0. The Kier molecular flexibility index (Phi) is 2.34. The van der Waals surface area contributed by atoms with Crippen LogP contribution in [0.3, 0.4) is 0 Å². The highest BCUT2D eigenvalue weighted by Crippen LogP contribution is 2.23. The van der Waals surface area contributed by atoms with Gasteiger partial charge in [0, 0.05) is 11.9 Å². The van der Waals surface area contributed by atoms with Gasteiger partial charge in [0.1, 0.15) is 14.0 Å². The Morgan fingerprint density at radius 2 is 2.20 bits per heavy atom. The van der Waals surface area contributed by atoms with Crippen molar-refractivity contribution in [2.24, 2.45) is 5.92 Å². The van der Waals surface area contributed by atoms with E-state index < -0.39 is 6.10 Å². The van der Waals surface area contributed by atoms with Crippen LogP contribution in [0.15, 0.2) is 0 Å². The van der Waals surface area contributed by atoms with Crippen LogP contribution < -0.4 is 0 Å². The summed E-state index contributed by atoms with van der Waals surface area (Å²) >= 11 is 0. The van der Waals surface area contributed by atoms with Crippen molar-refractivity contribution >= 4 is 7.85 Å². The molecule has 0 aromatic rings. The number of hydrogen-bond donors (Lipinski definition) is 2. The van der Waals surface area contributed by atoms with Crippen molar-refractivity contribution in [3.05, 3.63) is 0 Å². The second-order valence-corrected chi connectivity index (χ2v) is 2.91. The van der Waals surface area contributed by atoms with E-state index in [-0.39, 0.29) is 24.6 Å². The summed E-state index contributed by atoms with van der Waals surface area (Å²) in [6, 6.07) is 0.0622. The lowest BCUT2D eigenvalue weighted by Crippen LogP contribution is -2.28. The summed E-state index contributed by atoms with van der Waals surface area (Å²) in [5.74, 6) is 0.136. The van der Waals surface area contributed by atoms with E-state index >= 15 is 0 Å². The van der Waals surface area contributed by atoms with Crippen molar-refractivity contribution < 1.29 is 14.9 Å². The predicted octanol–water partition coefficient (Wildman–Crippen LogP) is -1.67. The monoisotopic (exact) mass is 144 g/mol. The molecule has 0 amide bonds. The summed E-state index contributed by atoms with van der Waals surface area (Å²) in [6.45, 7) is 1.83. The van der Waals surface area contributed by atoms with Gasteiger partial charge in [0.05, 0.1) is 12.7 Å². The molecule has 1 heterocycles. The molecule has 1 aliphatic rings. The first-order valence-electron chi connectivity index (χ1n) is 3.61. The summed E-state index contributed by atoms with van der Waals surface area (Å²) in [5.41, 5.74) is 0. The Balaban J connectivity index is 2.53. The molecule has 1 aliphatic heterocycles. The zero-order valence-electron chi connectivity index (χ0n) is 6.32. The quantitative estimate of drug-likeness (QED) is 0.433. The molecule has 1 rings (SSSR count). The lowest BCUT2D eigenvalue weighted by atomic mass is 9.86. The molecule has 0 aliphatic carbocycles. The van der Waals surface area contributed by atoms with Gasteiger partial charge in [-0.1, -0.05) is 6.92 Å². The topological polar surface area (TPSA) is 49.7 Å². The van der Waals surface area contributed by atoms with Crippen LogP contribution in [0.1, 0.15) is 6.92 Å². The molecule has 4 unspecified atom stereocenters. The van der Waals surface area contributed by atoms with E-state index in [0.717, 1.165) is 0 Å². The van der Waals surface area contributed by atoms with Crippen LogP contribution in [0.4, 0.5) is 0 Å². The van der Waals surface area contributed by atoms with E-state index in [1.54, 1.807) is 0 Å². The van der Waals surface area contributed by atoms with Gasteiger partial charge in [-0.15, -0.1) is 0 Å². The first kappa shape index (κ1) is 8.05. The van der Waals surface area contributed by atoms with Gasteiger partial charge in [-0.25, -0.2) is 0 Å². The summed E-state index contributed by atoms with van der Waals surface area (Å²) in [7, 11) is 1.91. The third-order valence-corrected chi connectivity index (χ3v) is 2.23. The first-order valence-corrected chi connectivity index (χ1v) is 3.61. The summed E-state index contributed by atoms with van der Waals surface area (Å²) in [6.07, 6.45) is -0.870. The molecule has 4 heteroatoms. The Morgan fingerprint density at radius 1 is 1.60 bits per heavy atom. The number of hydrogen-bond acceptors (Lipinski definition) is 3. The lowest BCUT2D eigenvalue weighted by molar-refractivity contribution is -0.00490. The fourth-order valence-electron chi connectivity index (χ4n) is 1.25. The van der Waals surface area contributed by atoms with E-state index in [1.807, 2.05) is 14.8 Å². The number of ether oxygens (including phenoxy) is 1. The third kappa shape index (κ3) is 1.19. The van der Waals surface area contributed by atoms with Crippen molar-refractivity contribution in [2.75, 3.05) is 6.61 Å². The molecule has 58 valence electrons. The fraction of sp³-hybridized carbons (Fsp3) is 1.00. The van der Waals surface area contributed by atoms with Gasteiger partial charge in [-0.05, 0) is 0 Å². The first-order chi connectivity index (χ1) is 4.66. The highest BCUT2D eigenvalue weighted by atomic mass is 16.5. The van der Waals surface area contributed by atoms with E-state index in [9.17, 15) is 5.11 Å². The second kappa shape index (κ2) is 2.90. The summed E-state index contributed by atoms with van der Waals surface area (Å²) < 4.78 is 5.23. The highest BCUT2D eigenvalue weighted by molar-refractivity contribution is 6.11. The fourth-order valence-corrected chi connectivity index (χ4v) is 1.25. The van der Waals surface area contributed by atoms with Gasteiger partial charge in [-0.2, -0.15) is 0 Å². The normalized spacial score (nSPS) is 47.9. The van der Waals surface area contributed by atoms with Crippen molar-refractivity contribution in [1.82, 2.24) is 0 Å². The van der Waals surface area contributed by atoms with Crippen molar-refractivity contribution in [3.63, 3.8) is 0 Å². The Bertz CT molecular complexity index is 120. The predicted molar refractivity (Wildman–Crippen MR) is 39.5 cm³/mol. The molecule has 0 radical (unpaired) electrons. The zero-order valence-corrected chi connectivity index (χ0v) is 6.32. The van der Waals surface area contributed by atoms with Crippen LogP contribution in [-0.4, -0.2) is 42.9 Å². The van der Waals surface area contributed by atoms with E-state index in [2.05, 4.69) is 0 Å². The molecular weight excluding hydrogens is 131 g/mol. The SMILES string of the molecule is BC1OC(CO)C(O)C1C. The van der Waals surface area contributed by atoms with Crippen LogP contribution in [0.25, 0.3) is 0 Å². The van der Waals surface area contributed by atoms with Crippen molar-refractivity contribution in [2.45, 2.75) is 25.1 Å². The number of aliphatic hydroxyl groups excluding tert-OH is 2. The van der Waals surface area contributed by atoms with Gasteiger partial charge in [0.15, 0.2) is 0 Å². The summed E-state index contributed by atoms with van der Waals surface area (Å²) in [5, 5.41) is 18.0. The molecule has 0 aromatic carbocycles. The molecular formula is C6H13BO3. The smallest absolute Gasteiger partial charge is 0.139 e. The van der Waals surface area contributed by atoms with Gasteiger partial charge in [-0.3, -0.25) is 0 Å². The Hall–Kier alpha value is -0.0551. The minimum absolute atomic E-state index is 0.0622. The molecule has 10 heavy (non-hydrogen) atoms. The molecule has 4 atom stereocenters. The second-order valence-electron chi connectivity index (χ2n) is 2.91. The molecule has 0 saturated carbocycles. The third-order valence-electron chi connectivity index (χ3n) is 2.23. The van der Waals surface area contributed by atoms with Gasteiger partial charge >= 0.3 is 0 Å². The van der Waals surface area contributed by atoms with Crippen molar-refractivity contribution in [1.29, 1.82) is 0 Å². The van der Waals surface area contributed by atoms with Crippen LogP contribution >= 0.6 is 0 Å². The highest BCUT2D eigenvalue weighted by Gasteiger charge is 2.37. The van der Waals surface area contributed by atoms with E-state index in [1.165, 1.54) is 0 Å². The minimum Gasteiger partial charge on any atom is -0.394 e. The maximum absolute atomic E-state index is 9.34. The van der Waals surface area contributed by atoms with Gasteiger partial charge in [0.2, 0.25) is 0 Å². The average Bonchev–Trinajstić information content (AvgIpc) is 2.17. The zero-order chi connectivity index (χ0) is 7.72. The average molecular weight is 144 g/mol. The largest absolute Gasteiger partial charge is 0.394 e. The number of rotatable bonds is 1. The molecule has 2 N–H and O–H groups in total. The molecule has 3 nitrogen and oxygen atoms in total. The standard InChI is InChI=1S/C6H13BO3/c1-3-5(9)4(2-8)10-6(3)7/h3-6,8-9H,2,7H2,1H3. The van der Waals surface area contributed by atoms with E-state index in [4.69, 9.17) is 9.84 Å². The van der Waals surface area contributed by atoms with Crippen LogP contribution in [0, 0.1) is 5.92 Å². The lowest BCUT2D eigenvalue weighted by Gasteiger charge is -2.11. The molecule has 0 spiro atoms. The van der Waals surface area contributed by atoms with Crippen LogP contribution in [0.5, 0.6) is 0 Å². The molecule has 0 bridgehead atoms.